The van der Waals surface area contributed by atoms with E-state index in [4.69, 9.17) is 0 Å². The van der Waals surface area contributed by atoms with Crippen LogP contribution in [-0.4, -0.2) is 0 Å². The summed E-state index contributed by atoms with van der Waals surface area (Å²) in [6.07, 6.45) is 3.68. The van der Waals surface area contributed by atoms with E-state index in [0.717, 1.165) is 11.4 Å². The number of anilines is 2. The molecule has 1 N–H and O–H groups in total. The van der Waals surface area contributed by atoms with Crippen molar-refractivity contribution in [2.75, 3.05) is 5.32 Å². The van der Waals surface area contributed by atoms with Crippen LogP contribution in [0.5, 0.6) is 0 Å². The van der Waals surface area contributed by atoms with Crippen LogP contribution in [0.25, 0.3) is 10.8 Å². The molecule has 0 fully saturated rings. The van der Waals surface area contributed by atoms with E-state index in [9.17, 15) is 0 Å². The number of benzene rings is 3. The van der Waals surface area contributed by atoms with Crippen LogP contribution in [0.4, 0.5) is 11.4 Å². The van der Waals surface area contributed by atoms with Crippen molar-refractivity contribution in [3.63, 3.8) is 0 Å². The highest BCUT2D eigenvalue weighted by atomic mass is 14.9. The minimum Gasteiger partial charge on any atom is -0.356 e. The lowest BCUT2D eigenvalue weighted by molar-refractivity contribution is 0.795. The predicted octanol–water partition coefficient (Wildman–Crippen LogP) is 5.93. The third kappa shape index (κ3) is 3.43. The molecule has 0 bridgehead atoms. The van der Waals surface area contributed by atoms with Gasteiger partial charge in [0.1, 0.15) is 0 Å². The lowest BCUT2D eigenvalue weighted by Crippen LogP contribution is -1.91. The largest absolute Gasteiger partial charge is 0.356 e. The van der Waals surface area contributed by atoms with Crippen molar-refractivity contribution in [2.45, 2.75) is 26.2 Å². The molecule has 0 aliphatic rings. The van der Waals surface area contributed by atoms with Crippen LogP contribution >= 0.6 is 0 Å². The standard InChI is InChI=1S/C20H21N/c1-2-3-6-16-9-12-19(13-10-16)21-20-14-11-17-7-4-5-8-18(17)15-20/h4-5,7-15,21H,2-3,6H2,1H3. The average molecular weight is 275 g/mol. The first-order chi connectivity index (χ1) is 10.3. The first-order valence-electron chi connectivity index (χ1n) is 7.70. The molecule has 0 aromatic heterocycles. The number of aryl methyl sites for hydroxylation is 1. The van der Waals surface area contributed by atoms with Gasteiger partial charge in [-0.05, 0) is 53.4 Å². The zero-order valence-electron chi connectivity index (χ0n) is 12.5. The maximum Gasteiger partial charge on any atom is 0.0390 e. The summed E-state index contributed by atoms with van der Waals surface area (Å²) < 4.78 is 0. The highest BCUT2D eigenvalue weighted by Crippen LogP contribution is 2.22. The van der Waals surface area contributed by atoms with E-state index >= 15 is 0 Å². The fourth-order valence-electron chi connectivity index (χ4n) is 2.57. The predicted molar refractivity (Wildman–Crippen MR) is 92.3 cm³/mol. The van der Waals surface area contributed by atoms with Crippen molar-refractivity contribution in [3.05, 3.63) is 72.3 Å². The van der Waals surface area contributed by atoms with Gasteiger partial charge >= 0.3 is 0 Å². The smallest absolute Gasteiger partial charge is 0.0390 e. The zero-order valence-corrected chi connectivity index (χ0v) is 12.5. The van der Waals surface area contributed by atoms with E-state index < -0.39 is 0 Å². The van der Waals surface area contributed by atoms with Crippen LogP contribution in [0, 0.1) is 0 Å². The molecular weight excluding hydrogens is 254 g/mol. The van der Waals surface area contributed by atoms with Gasteiger partial charge in [-0.3, -0.25) is 0 Å². The molecule has 0 radical (unpaired) electrons. The van der Waals surface area contributed by atoms with Gasteiger partial charge in [-0.1, -0.05) is 55.8 Å². The Hall–Kier alpha value is -2.28. The maximum atomic E-state index is 3.48. The minimum atomic E-state index is 1.13. The number of nitrogens with one attached hydrogen (secondary N) is 1. The van der Waals surface area contributed by atoms with Crippen LogP contribution in [0.15, 0.2) is 66.7 Å². The van der Waals surface area contributed by atoms with Gasteiger partial charge in [0, 0.05) is 11.4 Å². The Balaban J connectivity index is 1.75. The summed E-state index contributed by atoms with van der Waals surface area (Å²) in [6.45, 7) is 2.23. The molecule has 1 heteroatoms. The molecule has 0 amide bonds. The Morgan fingerprint density at radius 1 is 0.762 bits per heavy atom. The molecule has 0 saturated heterocycles. The number of rotatable bonds is 5. The Bertz CT molecular complexity index is 713. The third-order valence-corrected chi connectivity index (χ3v) is 3.81. The first kappa shape index (κ1) is 13.7. The van der Waals surface area contributed by atoms with E-state index in [0.29, 0.717) is 0 Å². The summed E-state index contributed by atoms with van der Waals surface area (Å²) in [4.78, 5) is 0. The molecule has 0 heterocycles. The fourth-order valence-corrected chi connectivity index (χ4v) is 2.57. The van der Waals surface area contributed by atoms with Gasteiger partial charge < -0.3 is 5.32 Å². The lowest BCUT2D eigenvalue weighted by Gasteiger charge is -2.09. The SMILES string of the molecule is CCCCc1ccc(Nc2ccc3ccccc3c2)cc1. The summed E-state index contributed by atoms with van der Waals surface area (Å²) in [7, 11) is 0. The van der Waals surface area contributed by atoms with Crippen molar-refractivity contribution in [2.24, 2.45) is 0 Å². The van der Waals surface area contributed by atoms with Crippen molar-refractivity contribution in [1.29, 1.82) is 0 Å². The lowest BCUT2D eigenvalue weighted by atomic mass is 10.1. The molecule has 1 nitrogen and oxygen atoms in total. The van der Waals surface area contributed by atoms with E-state index in [2.05, 4.69) is 79.0 Å². The van der Waals surface area contributed by atoms with Crippen LogP contribution in [-0.2, 0) is 6.42 Å². The second kappa shape index (κ2) is 6.45. The van der Waals surface area contributed by atoms with Crippen molar-refractivity contribution >= 4 is 22.1 Å². The third-order valence-electron chi connectivity index (χ3n) is 3.81. The van der Waals surface area contributed by atoms with Gasteiger partial charge in [0.25, 0.3) is 0 Å². The van der Waals surface area contributed by atoms with Crippen molar-refractivity contribution in [3.8, 4) is 0 Å². The molecule has 3 aromatic rings. The van der Waals surface area contributed by atoms with Crippen molar-refractivity contribution in [1.82, 2.24) is 0 Å². The van der Waals surface area contributed by atoms with Gasteiger partial charge in [0.15, 0.2) is 0 Å². The summed E-state index contributed by atoms with van der Waals surface area (Å²) in [5.74, 6) is 0. The van der Waals surface area contributed by atoms with Gasteiger partial charge in [0.2, 0.25) is 0 Å². The summed E-state index contributed by atoms with van der Waals surface area (Å²) in [5.41, 5.74) is 3.70. The van der Waals surface area contributed by atoms with Crippen LogP contribution < -0.4 is 5.32 Å². The molecule has 3 aromatic carbocycles. The number of fused-ring (bicyclic) bond motifs is 1. The molecular formula is C20H21N. The Kier molecular flexibility index (Phi) is 4.20. The second-order valence-corrected chi connectivity index (χ2v) is 5.49. The average Bonchev–Trinajstić information content (AvgIpc) is 2.54. The molecule has 0 aliphatic heterocycles. The molecule has 3 rings (SSSR count). The van der Waals surface area contributed by atoms with Gasteiger partial charge in [0.05, 0.1) is 0 Å². The van der Waals surface area contributed by atoms with E-state index in [1.54, 1.807) is 0 Å². The fraction of sp³-hybridized carbons (Fsp3) is 0.200. The topological polar surface area (TPSA) is 12.0 Å². The molecule has 0 atom stereocenters. The molecule has 0 aliphatic carbocycles. The normalized spacial score (nSPS) is 10.7. The van der Waals surface area contributed by atoms with Crippen LogP contribution in [0.1, 0.15) is 25.3 Å². The summed E-state index contributed by atoms with van der Waals surface area (Å²) >= 11 is 0. The number of unbranched alkanes of at least 4 members (excludes halogenated alkanes) is 1. The van der Waals surface area contributed by atoms with Crippen LogP contribution in [0.2, 0.25) is 0 Å². The highest BCUT2D eigenvalue weighted by molar-refractivity contribution is 5.86. The second-order valence-electron chi connectivity index (χ2n) is 5.49. The summed E-state index contributed by atoms with van der Waals surface area (Å²) in [5, 5.41) is 6.02. The maximum absolute atomic E-state index is 3.48. The number of hydrogen-bond acceptors (Lipinski definition) is 1. The minimum absolute atomic E-state index is 1.13. The first-order valence-corrected chi connectivity index (χ1v) is 7.70. The van der Waals surface area contributed by atoms with Crippen molar-refractivity contribution < 1.29 is 0 Å². The Morgan fingerprint density at radius 3 is 2.24 bits per heavy atom. The molecule has 0 saturated carbocycles. The summed E-state index contributed by atoms with van der Waals surface area (Å²) in [6, 6.07) is 23.7. The monoisotopic (exact) mass is 275 g/mol. The van der Waals surface area contributed by atoms with Crippen LogP contribution in [0.3, 0.4) is 0 Å². The molecule has 21 heavy (non-hydrogen) atoms. The molecule has 0 unspecified atom stereocenters. The zero-order chi connectivity index (χ0) is 14.5. The highest BCUT2D eigenvalue weighted by Gasteiger charge is 1.98. The van der Waals surface area contributed by atoms with Gasteiger partial charge in [-0.2, -0.15) is 0 Å². The quantitative estimate of drug-likeness (QED) is 0.609. The van der Waals surface area contributed by atoms with E-state index in [-0.39, 0.29) is 0 Å². The Labute approximate surface area is 126 Å². The molecule has 106 valence electrons. The van der Waals surface area contributed by atoms with Gasteiger partial charge in [-0.25, -0.2) is 0 Å². The van der Waals surface area contributed by atoms with Gasteiger partial charge in [-0.15, -0.1) is 0 Å². The molecule has 0 spiro atoms. The Morgan fingerprint density at radius 2 is 1.48 bits per heavy atom. The number of hydrogen-bond donors (Lipinski definition) is 1. The van der Waals surface area contributed by atoms with E-state index in [1.807, 2.05) is 0 Å². The van der Waals surface area contributed by atoms with E-state index in [1.165, 1.54) is 35.6 Å².